The monoisotopic (exact) mass is 235 g/mol. The van der Waals surface area contributed by atoms with E-state index in [9.17, 15) is 0 Å². The minimum Gasteiger partial charge on any atom is -0.242 e. The highest BCUT2D eigenvalue weighted by atomic mass is 35.5. The molecule has 0 spiro atoms. The van der Waals surface area contributed by atoms with Gasteiger partial charge in [0.2, 0.25) is 0 Å². The molecule has 1 nitrogen and oxygen atoms in total. The summed E-state index contributed by atoms with van der Waals surface area (Å²) >= 11 is 7.48. The summed E-state index contributed by atoms with van der Waals surface area (Å²) in [6, 6.07) is 13.7. The first kappa shape index (κ1) is 10.5. The lowest BCUT2D eigenvalue weighted by Crippen LogP contribution is -1.84. The van der Waals surface area contributed by atoms with E-state index < -0.39 is 0 Å². The van der Waals surface area contributed by atoms with E-state index in [1.54, 1.807) is 11.8 Å². The van der Waals surface area contributed by atoms with Crippen LogP contribution >= 0.6 is 23.4 Å². The van der Waals surface area contributed by atoms with Gasteiger partial charge >= 0.3 is 0 Å². The van der Waals surface area contributed by atoms with Crippen LogP contribution in [0.25, 0.3) is 11.3 Å². The van der Waals surface area contributed by atoms with Crippen molar-refractivity contribution in [1.82, 2.24) is 4.98 Å². The normalized spacial score (nSPS) is 10.3. The van der Waals surface area contributed by atoms with Crippen molar-refractivity contribution < 1.29 is 0 Å². The quantitative estimate of drug-likeness (QED) is 0.727. The maximum absolute atomic E-state index is 5.83. The van der Waals surface area contributed by atoms with E-state index >= 15 is 0 Å². The van der Waals surface area contributed by atoms with Crippen molar-refractivity contribution >= 4 is 23.4 Å². The van der Waals surface area contributed by atoms with Gasteiger partial charge in [0.15, 0.2) is 0 Å². The van der Waals surface area contributed by atoms with E-state index in [1.807, 2.05) is 48.7 Å². The summed E-state index contributed by atoms with van der Waals surface area (Å²) in [7, 11) is 0. The Morgan fingerprint density at radius 2 is 1.80 bits per heavy atom. The number of aromatic nitrogens is 1. The Kier molecular flexibility index (Phi) is 3.29. The number of thioether (sulfide) groups is 1. The van der Waals surface area contributed by atoms with Crippen LogP contribution in [0.4, 0.5) is 0 Å². The van der Waals surface area contributed by atoms with Crippen LogP contribution < -0.4 is 0 Å². The lowest BCUT2D eigenvalue weighted by molar-refractivity contribution is 1.14. The molecule has 2 aromatic rings. The molecule has 0 unspecified atom stereocenters. The third kappa shape index (κ3) is 2.52. The lowest BCUT2D eigenvalue weighted by atomic mass is 10.1. The molecule has 15 heavy (non-hydrogen) atoms. The molecule has 1 heterocycles. The van der Waals surface area contributed by atoms with Gasteiger partial charge in [0.25, 0.3) is 0 Å². The summed E-state index contributed by atoms with van der Waals surface area (Å²) in [6.07, 6.45) is 2.02. The molecule has 0 atom stereocenters. The Labute approximate surface area is 98.5 Å². The molecule has 0 N–H and O–H groups in total. The molecule has 0 saturated heterocycles. The van der Waals surface area contributed by atoms with Crippen molar-refractivity contribution in [2.24, 2.45) is 0 Å². The minimum absolute atomic E-state index is 0.750. The predicted molar refractivity (Wildman–Crippen MR) is 66.5 cm³/mol. The second kappa shape index (κ2) is 4.69. The Hall–Kier alpha value is -0.990. The zero-order valence-corrected chi connectivity index (χ0v) is 9.85. The number of rotatable bonds is 2. The molecular weight excluding hydrogens is 226 g/mol. The van der Waals surface area contributed by atoms with Crippen molar-refractivity contribution in [3.63, 3.8) is 0 Å². The third-order valence-corrected chi connectivity index (χ3v) is 2.97. The highest BCUT2D eigenvalue weighted by Gasteiger charge is 1.99. The first-order valence-electron chi connectivity index (χ1n) is 4.56. The fraction of sp³-hybridized carbons (Fsp3) is 0.0833. The van der Waals surface area contributed by atoms with Crippen molar-refractivity contribution in [3.05, 3.63) is 47.5 Å². The van der Waals surface area contributed by atoms with E-state index in [4.69, 9.17) is 11.6 Å². The van der Waals surface area contributed by atoms with Gasteiger partial charge in [-0.25, -0.2) is 4.98 Å². The van der Waals surface area contributed by atoms with E-state index in [-0.39, 0.29) is 0 Å². The van der Waals surface area contributed by atoms with Gasteiger partial charge in [-0.2, -0.15) is 0 Å². The minimum atomic E-state index is 0.750. The fourth-order valence-electron chi connectivity index (χ4n) is 1.31. The highest BCUT2D eigenvalue weighted by Crippen LogP contribution is 2.21. The number of benzene rings is 1. The van der Waals surface area contributed by atoms with Crippen LogP contribution in [-0.4, -0.2) is 11.2 Å². The molecule has 2 rings (SSSR count). The SMILES string of the molecule is CSc1cccc(-c2ccc(Cl)cc2)n1. The number of pyridine rings is 1. The summed E-state index contributed by atoms with van der Waals surface area (Å²) in [4.78, 5) is 4.51. The molecule has 0 aliphatic heterocycles. The molecule has 0 aliphatic carbocycles. The average Bonchev–Trinajstić information content (AvgIpc) is 2.30. The molecular formula is C12H10ClNS. The number of hydrogen-bond acceptors (Lipinski definition) is 2. The van der Waals surface area contributed by atoms with E-state index in [0.29, 0.717) is 0 Å². The van der Waals surface area contributed by atoms with Gasteiger partial charge in [0.1, 0.15) is 0 Å². The molecule has 1 aromatic carbocycles. The van der Waals surface area contributed by atoms with Crippen LogP contribution in [0.5, 0.6) is 0 Å². The molecule has 0 bridgehead atoms. The molecule has 0 aliphatic rings. The van der Waals surface area contributed by atoms with Gasteiger partial charge in [-0.05, 0) is 30.5 Å². The second-order valence-electron chi connectivity index (χ2n) is 3.07. The van der Waals surface area contributed by atoms with Crippen molar-refractivity contribution in [1.29, 1.82) is 0 Å². The zero-order chi connectivity index (χ0) is 10.7. The summed E-state index contributed by atoms with van der Waals surface area (Å²) in [5.74, 6) is 0. The topological polar surface area (TPSA) is 12.9 Å². The maximum atomic E-state index is 5.83. The maximum Gasteiger partial charge on any atom is 0.0964 e. The molecule has 0 amide bonds. The Bertz CT molecular complexity index is 453. The highest BCUT2D eigenvalue weighted by molar-refractivity contribution is 7.98. The molecule has 1 aromatic heterocycles. The average molecular weight is 236 g/mol. The van der Waals surface area contributed by atoms with Crippen LogP contribution in [0.3, 0.4) is 0 Å². The third-order valence-electron chi connectivity index (χ3n) is 2.07. The van der Waals surface area contributed by atoms with Crippen molar-refractivity contribution in [3.8, 4) is 11.3 Å². The number of nitrogens with zero attached hydrogens (tertiary/aromatic N) is 1. The predicted octanol–water partition coefficient (Wildman–Crippen LogP) is 4.12. The summed E-state index contributed by atoms with van der Waals surface area (Å²) in [5.41, 5.74) is 2.08. The molecule has 0 saturated carbocycles. The van der Waals surface area contributed by atoms with Gasteiger partial charge in [-0.15, -0.1) is 11.8 Å². The summed E-state index contributed by atoms with van der Waals surface area (Å²) in [5, 5.41) is 1.78. The smallest absolute Gasteiger partial charge is 0.0964 e. The molecule has 3 heteroatoms. The standard InChI is InChI=1S/C12H10ClNS/c1-15-12-4-2-3-11(14-12)9-5-7-10(13)8-6-9/h2-8H,1H3. The summed E-state index contributed by atoms with van der Waals surface area (Å²) < 4.78 is 0. The van der Waals surface area contributed by atoms with E-state index in [0.717, 1.165) is 21.3 Å². The number of hydrogen-bond donors (Lipinski definition) is 0. The summed E-state index contributed by atoms with van der Waals surface area (Å²) in [6.45, 7) is 0. The van der Waals surface area contributed by atoms with Crippen LogP contribution in [0.15, 0.2) is 47.5 Å². The Balaban J connectivity index is 2.40. The van der Waals surface area contributed by atoms with E-state index in [2.05, 4.69) is 4.98 Å². The van der Waals surface area contributed by atoms with Gasteiger partial charge in [-0.1, -0.05) is 29.8 Å². The Morgan fingerprint density at radius 3 is 2.47 bits per heavy atom. The number of halogens is 1. The molecule has 76 valence electrons. The largest absolute Gasteiger partial charge is 0.242 e. The van der Waals surface area contributed by atoms with Crippen LogP contribution in [0, 0.1) is 0 Å². The van der Waals surface area contributed by atoms with Gasteiger partial charge in [0, 0.05) is 10.6 Å². The van der Waals surface area contributed by atoms with Crippen LogP contribution in [-0.2, 0) is 0 Å². The first-order valence-corrected chi connectivity index (χ1v) is 6.17. The fourth-order valence-corrected chi connectivity index (χ4v) is 1.84. The van der Waals surface area contributed by atoms with Crippen LogP contribution in [0.1, 0.15) is 0 Å². The van der Waals surface area contributed by atoms with Gasteiger partial charge < -0.3 is 0 Å². The zero-order valence-electron chi connectivity index (χ0n) is 8.27. The Morgan fingerprint density at radius 1 is 1.07 bits per heavy atom. The van der Waals surface area contributed by atoms with E-state index in [1.165, 1.54) is 0 Å². The van der Waals surface area contributed by atoms with Gasteiger partial charge in [0.05, 0.1) is 10.7 Å². The second-order valence-corrected chi connectivity index (χ2v) is 4.34. The van der Waals surface area contributed by atoms with Crippen LogP contribution in [0.2, 0.25) is 5.02 Å². The van der Waals surface area contributed by atoms with Crippen molar-refractivity contribution in [2.75, 3.05) is 6.26 Å². The van der Waals surface area contributed by atoms with Gasteiger partial charge in [-0.3, -0.25) is 0 Å². The molecule has 0 fully saturated rings. The molecule has 0 radical (unpaired) electrons. The lowest BCUT2D eigenvalue weighted by Gasteiger charge is -2.02. The first-order chi connectivity index (χ1) is 7.29. The van der Waals surface area contributed by atoms with Crippen molar-refractivity contribution in [2.45, 2.75) is 5.03 Å².